The van der Waals surface area contributed by atoms with Crippen molar-refractivity contribution < 1.29 is 17.6 Å². The number of nitrogens with one attached hydrogen (secondary N) is 1. The first-order chi connectivity index (χ1) is 12.8. The molecule has 1 N–H and O–H groups in total. The minimum atomic E-state index is -3.42. The molecule has 27 heavy (non-hydrogen) atoms. The van der Waals surface area contributed by atoms with Crippen LogP contribution in [0.4, 0.5) is 9.18 Å². The Kier molecular flexibility index (Phi) is 5.71. The van der Waals surface area contributed by atoms with Gasteiger partial charge in [0.1, 0.15) is 5.82 Å². The van der Waals surface area contributed by atoms with Gasteiger partial charge in [-0.2, -0.15) is 4.31 Å². The highest BCUT2D eigenvalue weighted by Crippen LogP contribution is 2.20. The fourth-order valence-electron chi connectivity index (χ4n) is 2.88. The zero-order valence-electron chi connectivity index (χ0n) is 14.9. The van der Waals surface area contributed by atoms with Crippen molar-refractivity contribution in [2.45, 2.75) is 19.1 Å². The normalized spacial score (nSPS) is 14.9. The summed E-state index contributed by atoms with van der Waals surface area (Å²) in [6.45, 7) is 1.15. The van der Waals surface area contributed by atoms with Crippen LogP contribution >= 0.6 is 0 Å². The van der Waals surface area contributed by atoms with Crippen molar-refractivity contribution in [3.05, 3.63) is 65.7 Å². The van der Waals surface area contributed by atoms with E-state index in [9.17, 15) is 17.6 Å². The standard InChI is InChI=1S/C18H21FN4O3S/c1-27(25,26)23(11-15-3-2-8-20-9-15)17-12-22(13-17)18(24)21-10-14-4-6-16(19)7-5-14/h2-9,17H,10-13H2,1H3,(H,21,24). The van der Waals surface area contributed by atoms with Crippen LogP contribution < -0.4 is 5.32 Å². The first kappa shape index (κ1) is 19.2. The molecule has 0 aliphatic carbocycles. The number of carbonyl (C=O) groups is 1. The van der Waals surface area contributed by atoms with Gasteiger partial charge in [0.05, 0.1) is 12.3 Å². The lowest BCUT2D eigenvalue weighted by Crippen LogP contribution is -2.63. The second kappa shape index (κ2) is 8.01. The summed E-state index contributed by atoms with van der Waals surface area (Å²) >= 11 is 0. The highest BCUT2D eigenvalue weighted by atomic mass is 32.2. The summed E-state index contributed by atoms with van der Waals surface area (Å²) in [6.07, 6.45) is 4.43. The molecular formula is C18H21FN4O3S. The molecule has 0 atom stereocenters. The number of likely N-dealkylation sites (tertiary alicyclic amines) is 1. The second-order valence-electron chi connectivity index (χ2n) is 6.51. The quantitative estimate of drug-likeness (QED) is 0.809. The first-order valence-corrected chi connectivity index (χ1v) is 10.3. The number of amides is 2. The Balaban J connectivity index is 1.54. The van der Waals surface area contributed by atoms with E-state index in [-0.39, 0.29) is 31.0 Å². The van der Waals surface area contributed by atoms with Crippen molar-refractivity contribution in [3.63, 3.8) is 0 Å². The summed E-state index contributed by atoms with van der Waals surface area (Å²) in [6, 6.07) is 8.92. The molecule has 0 bridgehead atoms. The Hall–Kier alpha value is -2.52. The van der Waals surface area contributed by atoms with E-state index in [2.05, 4.69) is 10.3 Å². The molecule has 7 nitrogen and oxygen atoms in total. The van der Waals surface area contributed by atoms with Crippen molar-refractivity contribution >= 4 is 16.1 Å². The minimum absolute atomic E-state index is 0.225. The van der Waals surface area contributed by atoms with Crippen LogP contribution in [0.3, 0.4) is 0 Å². The van der Waals surface area contributed by atoms with Gasteiger partial charge in [-0.1, -0.05) is 18.2 Å². The Morgan fingerprint density at radius 3 is 2.56 bits per heavy atom. The van der Waals surface area contributed by atoms with Crippen molar-refractivity contribution in [3.8, 4) is 0 Å². The minimum Gasteiger partial charge on any atom is -0.334 e. The van der Waals surface area contributed by atoms with E-state index in [1.807, 2.05) is 6.07 Å². The Bertz CT molecular complexity index is 885. The zero-order chi connectivity index (χ0) is 19.4. The fraction of sp³-hybridized carbons (Fsp3) is 0.333. The molecule has 1 aromatic heterocycles. The summed E-state index contributed by atoms with van der Waals surface area (Å²) in [7, 11) is -3.42. The van der Waals surface area contributed by atoms with Crippen LogP contribution in [0, 0.1) is 5.82 Å². The lowest BCUT2D eigenvalue weighted by molar-refractivity contribution is 0.0982. The average molecular weight is 392 g/mol. The average Bonchev–Trinajstić information content (AvgIpc) is 2.59. The van der Waals surface area contributed by atoms with Crippen LogP contribution in [0.2, 0.25) is 0 Å². The number of aromatic nitrogens is 1. The molecule has 1 aromatic carbocycles. The first-order valence-electron chi connectivity index (χ1n) is 8.46. The maximum atomic E-state index is 12.9. The van der Waals surface area contributed by atoms with Crippen LogP contribution in [-0.2, 0) is 23.1 Å². The van der Waals surface area contributed by atoms with E-state index in [4.69, 9.17) is 0 Å². The number of sulfonamides is 1. The summed E-state index contributed by atoms with van der Waals surface area (Å²) in [5.74, 6) is -0.329. The van der Waals surface area contributed by atoms with Gasteiger partial charge in [-0.15, -0.1) is 0 Å². The molecule has 144 valence electrons. The number of carbonyl (C=O) groups excluding carboxylic acids is 1. The van der Waals surface area contributed by atoms with E-state index < -0.39 is 10.0 Å². The largest absolute Gasteiger partial charge is 0.334 e. The third-order valence-corrected chi connectivity index (χ3v) is 5.68. The number of hydrogen-bond acceptors (Lipinski definition) is 4. The third kappa shape index (κ3) is 5.01. The van der Waals surface area contributed by atoms with Crippen molar-refractivity contribution in [2.24, 2.45) is 0 Å². The van der Waals surface area contributed by atoms with Crippen LogP contribution in [0.25, 0.3) is 0 Å². The summed E-state index contributed by atoms with van der Waals surface area (Å²) < 4.78 is 38.6. The number of pyridine rings is 1. The fourth-order valence-corrected chi connectivity index (χ4v) is 3.94. The Morgan fingerprint density at radius 2 is 1.96 bits per heavy atom. The highest BCUT2D eigenvalue weighted by molar-refractivity contribution is 7.88. The molecule has 2 amide bonds. The van der Waals surface area contributed by atoms with Gasteiger partial charge in [0.2, 0.25) is 10.0 Å². The highest BCUT2D eigenvalue weighted by Gasteiger charge is 2.38. The molecule has 1 fully saturated rings. The molecule has 1 saturated heterocycles. The molecule has 1 aliphatic heterocycles. The van der Waals surface area contributed by atoms with Crippen molar-refractivity contribution in [1.29, 1.82) is 0 Å². The molecule has 0 radical (unpaired) electrons. The van der Waals surface area contributed by atoms with Crippen LogP contribution in [0.5, 0.6) is 0 Å². The van der Waals surface area contributed by atoms with E-state index in [0.29, 0.717) is 13.1 Å². The van der Waals surface area contributed by atoms with Gasteiger partial charge in [0.25, 0.3) is 0 Å². The smallest absolute Gasteiger partial charge is 0.317 e. The molecule has 2 aromatic rings. The van der Waals surface area contributed by atoms with E-state index >= 15 is 0 Å². The van der Waals surface area contributed by atoms with E-state index in [1.54, 1.807) is 35.5 Å². The van der Waals surface area contributed by atoms with Crippen LogP contribution in [0.1, 0.15) is 11.1 Å². The van der Waals surface area contributed by atoms with Gasteiger partial charge in [-0.05, 0) is 29.3 Å². The van der Waals surface area contributed by atoms with Gasteiger partial charge >= 0.3 is 6.03 Å². The van der Waals surface area contributed by atoms with Gasteiger partial charge < -0.3 is 10.2 Å². The molecule has 1 aliphatic rings. The predicted octanol–water partition coefficient (Wildman–Crippen LogP) is 1.58. The number of benzene rings is 1. The number of hydrogen-bond donors (Lipinski definition) is 1. The zero-order valence-corrected chi connectivity index (χ0v) is 15.7. The van der Waals surface area contributed by atoms with Crippen molar-refractivity contribution in [1.82, 2.24) is 19.5 Å². The molecule has 3 rings (SSSR count). The van der Waals surface area contributed by atoms with Gasteiger partial charge in [0.15, 0.2) is 0 Å². The molecule has 0 saturated carbocycles. The third-order valence-electron chi connectivity index (χ3n) is 4.40. The second-order valence-corrected chi connectivity index (χ2v) is 8.45. The summed E-state index contributed by atoms with van der Waals surface area (Å²) in [4.78, 5) is 17.8. The molecule has 0 spiro atoms. The van der Waals surface area contributed by atoms with Crippen LogP contribution in [0.15, 0.2) is 48.8 Å². The molecule has 9 heteroatoms. The van der Waals surface area contributed by atoms with Gasteiger partial charge in [-0.3, -0.25) is 4.98 Å². The molecular weight excluding hydrogens is 371 g/mol. The lowest BCUT2D eigenvalue weighted by atomic mass is 10.1. The maximum Gasteiger partial charge on any atom is 0.317 e. The van der Waals surface area contributed by atoms with Gasteiger partial charge in [0, 0.05) is 38.6 Å². The molecule has 0 unspecified atom stereocenters. The summed E-state index contributed by atoms with van der Waals surface area (Å²) in [5, 5.41) is 2.75. The number of halogens is 1. The molecule has 2 heterocycles. The number of rotatable bonds is 6. The van der Waals surface area contributed by atoms with E-state index in [0.717, 1.165) is 11.1 Å². The number of urea groups is 1. The van der Waals surface area contributed by atoms with Crippen LogP contribution in [-0.4, -0.2) is 54.0 Å². The van der Waals surface area contributed by atoms with Crippen molar-refractivity contribution in [2.75, 3.05) is 19.3 Å². The predicted molar refractivity (Wildman–Crippen MR) is 98.6 cm³/mol. The maximum absolute atomic E-state index is 12.9. The number of nitrogens with zero attached hydrogens (tertiary/aromatic N) is 3. The topological polar surface area (TPSA) is 82.6 Å². The summed E-state index contributed by atoms with van der Waals surface area (Å²) in [5.41, 5.74) is 1.58. The SMILES string of the molecule is CS(=O)(=O)N(Cc1cccnc1)C1CN(C(=O)NCc2ccc(F)cc2)C1. The lowest BCUT2D eigenvalue weighted by Gasteiger charge is -2.44. The van der Waals surface area contributed by atoms with Gasteiger partial charge in [-0.25, -0.2) is 17.6 Å². The Morgan fingerprint density at radius 1 is 1.26 bits per heavy atom. The Labute approximate surface area is 157 Å². The van der Waals surface area contributed by atoms with E-state index in [1.165, 1.54) is 22.7 Å². The monoisotopic (exact) mass is 392 g/mol.